The van der Waals surface area contributed by atoms with Crippen molar-refractivity contribution in [3.8, 4) is 11.6 Å². The van der Waals surface area contributed by atoms with Crippen LogP contribution >= 0.6 is 0 Å². The minimum atomic E-state index is -1.07. The third-order valence-corrected chi connectivity index (χ3v) is 2.89. The smallest absolute Gasteiger partial charge is 0.354 e. The summed E-state index contributed by atoms with van der Waals surface area (Å²) in [4.78, 5) is 14.8. The molecule has 1 N–H and O–H groups in total. The fraction of sp³-hybridized carbons (Fsp3) is 0.250. The molecule has 0 aliphatic rings. The van der Waals surface area contributed by atoms with E-state index in [9.17, 15) is 4.79 Å². The van der Waals surface area contributed by atoms with Gasteiger partial charge in [0.05, 0.1) is 0 Å². The number of pyridine rings is 1. The summed E-state index contributed by atoms with van der Waals surface area (Å²) in [7, 11) is 0. The molecule has 0 radical (unpaired) electrons. The van der Waals surface area contributed by atoms with Gasteiger partial charge in [0.2, 0.25) is 5.88 Å². The lowest BCUT2D eigenvalue weighted by Crippen LogP contribution is -2.10. The van der Waals surface area contributed by atoms with Crippen LogP contribution in [0.25, 0.3) is 0 Å². The molecule has 0 saturated heterocycles. The number of benzene rings is 1. The molecule has 0 aliphatic heterocycles. The highest BCUT2D eigenvalue weighted by Gasteiger charge is 2.13. The van der Waals surface area contributed by atoms with Crippen molar-refractivity contribution >= 4 is 5.97 Å². The van der Waals surface area contributed by atoms with Crippen LogP contribution in [-0.4, -0.2) is 16.1 Å². The fourth-order valence-electron chi connectivity index (χ4n) is 1.73. The third-order valence-electron chi connectivity index (χ3n) is 2.89. The van der Waals surface area contributed by atoms with Gasteiger partial charge in [-0.15, -0.1) is 0 Å². The van der Waals surface area contributed by atoms with Crippen LogP contribution in [-0.2, 0) is 5.41 Å². The molecule has 2 aromatic rings. The number of carboxylic acid groups (broad SMARTS) is 1. The number of rotatable bonds is 3. The van der Waals surface area contributed by atoms with Crippen LogP contribution in [0.2, 0.25) is 0 Å². The van der Waals surface area contributed by atoms with Gasteiger partial charge in [0.15, 0.2) is 5.69 Å². The average Bonchev–Trinajstić information content (AvgIpc) is 2.38. The number of aromatic nitrogens is 1. The van der Waals surface area contributed by atoms with Crippen molar-refractivity contribution in [2.45, 2.75) is 26.2 Å². The Morgan fingerprint density at radius 2 is 1.75 bits per heavy atom. The van der Waals surface area contributed by atoms with E-state index in [2.05, 4.69) is 25.8 Å². The van der Waals surface area contributed by atoms with Crippen LogP contribution in [0, 0.1) is 0 Å². The first-order valence-corrected chi connectivity index (χ1v) is 6.35. The molecule has 4 nitrogen and oxygen atoms in total. The molecular weight excluding hydrogens is 254 g/mol. The highest BCUT2D eigenvalue weighted by atomic mass is 16.5. The van der Waals surface area contributed by atoms with Gasteiger partial charge in [-0.1, -0.05) is 39.0 Å². The van der Waals surface area contributed by atoms with E-state index in [1.807, 2.05) is 24.3 Å². The van der Waals surface area contributed by atoms with E-state index in [0.29, 0.717) is 5.75 Å². The zero-order chi connectivity index (χ0) is 14.8. The topological polar surface area (TPSA) is 59.4 Å². The zero-order valence-electron chi connectivity index (χ0n) is 11.8. The van der Waals surface area contributed by atoms with Gasteiger partial charge in [0, 0.05) is 6.07 Å². The van der Waals surface area contributed by atoms with Gasteiger partial charge in [0.25, 0.3) is 0 Å². The summed E-state index contributed by atoms with van der Waals surface area (Å²) in [6, 6.07) is 12.4. The Morgan fingerprint density at radius 3 is 2.30 bits per heavy atom. The molecule has 104 valence electrons. The number of carbonyl (C=O) groups is 1. The van der Waals surface area contributed by atoms with Gasteiger partial charge in [-0.05, 0) is 29.2 Å². The van der Waals surface area contributed by atoms with E-state index in [1.165, 1.54) is 11.6 Å². The van der Waals surface area contributed by atoms with Crippen LogP contribution in [0.15, 0.2) is 42.5 Å². The van der Waals surface area contributed by atoms with Crippen molar-refractivity contribution in [2.75, 3.05) is 0 Å². The second kappa shape index (κ2) is 5.33. The Bertz CT molecular complexity index is 612. The van der Waals surface area contributed by atoms with Gasteiger partial charge >= 0.3 is 5.97 Å². The highest BCUT2D eigenvalue weighted by Crippen LogP contribution is 2.26. The molecule has 0 bridgehead atoms. The molecule has 2 rings (SSSR count). The largest absolute Gasteiger partial charge is 0.477 e. The summed E-state index contributed by atoms with van der Waals surface area (Å²) < 4.78 is 5.56. The summed E-state index contributed by atoms with van der Waals surface area (Å²) in [5, 5.41) is 8.88. The predicted octanol–water partition coefficient (Wildman–Crippen LogP) is 3.87. The monoisotopic (exact) mass is 271 g/mol. The standard InChI is InChI=1S/C16H17NO3/c1-16(2,3)11-7-9-12(10-8-11)20-14-6-4-5-13(17-14)15(18)19/h4-10H,1-3H3,(H,18,19). The maximum absolute atomic E-state index is 10.8. The Morgan fingerprint density at radius 1 is 1.10 bits per heavy atom. The lowest BCUT2D eigenvalue weighted by molar-refractivity contribution is 0.0689. The molecular formula is C16H17NO3. The van der Waals surface area contributed by atoms with Gasteiger partial charge in [-0.25, -0.2) is 9.78 Å². The molecule has 4 heteroatoms. The summed E-state index contributed by atoms with van der Waals surface area (Å²) >= 11 is 0. The van der Waals surface area contributed by atoms with E-state index in [1.54, 1.807) is 12.1 Å². The number of hydrogen-bond acceptors (Lipinski definition) is 3. The number of aromatic carboxylic acids is 1. The van der Waals surface area contributed by atoms with Crippen molar-refractivity contribution in [3.63, 3.8) is 0 Å². The summed E-state index contributed by atoms with van der Waals surface area (Å²) in [6.45, 7) is 6.42. The third kappa shape index (κ3) is 3.35. The first-order valence-electron chi connectivity index (χ1n) is 6.35. The SMILES string of the molecule is CC(C)(C)c1ccc(Oc2cccc(C(=O)O)n2)cc1. The van der Waals surface area contributed by atoms with Crippen molar-refractivity contribution in [2.24, 2.45) is 0 Å². The fourth-order valence-corrected chi connectivity index (χ4v) is 1.73. The molecule has 0 amide bonds. The Kier molecular flexibility index (Phi) is 3.74. The first-order chi connectivity index (χ1) is 9.36. The zero-order valence-corrected chi connectivity index (χ0v) is 11.8. The van der Waals surface area contributed by atoms with Gasteiger partial charge in [-0.2, -0.15) is 0 Å². The lowest BCUT2D eigenvalue weighted by atomic mass is 9.87. The molecule has 0 fully saturated rings. The van der Waals surface area contributed by atoms with Crippen LogP contribution in [0.1, 0.15) is 36.8 Å². The van der Waals surface area contributed by atoms with Gasteiger partial charge in [0.1, 0.15) is 5.75 Å². The van der Waals surface area contributed by atoms with Crippen LogP contribution in [0.3, 0.4) is 0 Å². The molecule has 0 spiro atoms. The lowest BCUT2D eigenvalue weighted by Gasteiger charge is -2.19. The molecule has 0 aliphatic carbocycles. The molecule has 1 aromatic carbocycles. The molecule has 0 atom stereocenters. The number of hydrogen-bond donors (Lipinski definition) is 1. The van der Waals surface area contributed by atoms with Gasteiger partial charge < -0.3 is 9.84 Å². The summed E-state index contributed by atoms with van der Waals surface area (Å²) in [6.07, 6.45) is 0. The van der Waals surface area contributed by atoms with E-state index in [0.717, 1.165) is 0 Å². The Hall–Kier alpha value is -2.36. The van der Waals surface area contributed by atoms with Crippen molar-refractivity contribution in [1.82, 2.24) is 4.98 Å². The van der Waals surface area contributed by atoms with Crippen molar-refractivity contribution in [1.29, 1.82) is 0 Å². The molecule has 20 heavy (non-hydrogen) atoms. The van der Waals surface area contributed by atoms with Gasteiger partial charge in [-0.3, -0.25) is 0 Å². The minimum absolute atomic E-state index is 0.0335. The van der Waals surface area contributed by atoms with Crippen LogP contribution in [0.4, 0.5) is 0 Å². The predicted molar refractivity (Wildman–Crippen MR) is 76.4 cm³/mol. The Balaban J connectivity index is 2.18. The normalized spacial score (nSPS) is 11.2. The molecule has 0 unspecified atom stereocenters. The van der Waals surface area contributed by atoms with E-state index >= 15 is 0 Å². The maximum atomic E-state index is 10.8. The van der Waals surface area contributed by atoms with Crippen LogP contribution < -0.4 is 4.74 Å². The number of ether oxygens (including phenoxy) is 1. The average molecular weight is 271 g/mol. The number of nitrogens with zero attached hydrogens (tertiary/aromatic N) is 1. The minimum Gasteiger partial charge on any atom is -0.477 e. The van der Waals surface area contributed by atoms with E-state index in [-0.39, 0.29) is 17.0 Å². The Labute approximate surface area is 118 Å². The van der Waals surface area contributed by atoms with E-state index in [4.69, 9.17) is 9.84 Å². The first kappa shape index (κ1) is 14.1. The summed E-state index contributed by atoms with van der Waals surface area (Å²) in [5.41, 5.74) is 1.26. The maximum Gasteiger partial charge on any atom is 0.354 e. The molecule has 1 heterocycles. The number of carboxylic acids is 1. The molecule has 1 aromatic heterocycles. The van der Waals surface area contributed by atoms with Crippen LogP contribution in [0.5, 0.6) is 11.6 Å². The highest BCUT2D eigenvalue weighted by molar-refractivity contribution is 5.85. The van der Waals surface area contributed by atoms with Crippen molar-refractivity contribution in [3.05, 3.63) is 53.7 Å². The van der Waals surface area contributed by atoms with Crippen molar-refractivity contribution < 1.29 is 14.6 Å². The molecule has 0 saturated carbocycles. The van der Waals surface area contributed by atoms with E-state index < -0.39 is 5.97 Å². The summed E-state index contributed by atoms with van der Waals surface area (Å²) in [5.74, 6) is -0.167. The quantitative estimate of drug-likeness (QED) is 0.920. The second-order valence-electron chi connectivity index (χ2n) is 5.54. The second-order valence-corrected chi connectivity index (χ2v) is 5.54.